The number of rotatable bonds is 6. The Labute approximate surface area is 135 Å². The standard InChI is InChI=1S/C18H18ClNO2/c1-22-17-9-4-15(5-10-17)12-13-20-18(21)11-6-14-2-7-16(19)8-3-14/h2-11H,12-13H2,1H3,(H,20,21)/b11-6+. The normalized spacial score (nSPS) is 10.6. The molecule has 4 heteroatoms. The van der Waals surface area contributed by atoms with Crippen molar-refractivity contribution in [3.63, 3.8) is 0 Å². The molecule has 0 aliphatic rings. The maximum Gasteiger partial charge on any atom is 0.244 e. The van der Waals surface area contributed by atoms with Gasteiger partial charge in [-0.05, 0) is 47.9 Å². The van der Waals surface area contributed by atoms with E-state index in [0.717, 1.165) is 23.3 Å². The van der Waals surface area contributed by atoms with E-state index in [1.54, 1.807) is 25.3 Å². The van der Waals surface area contributed by atoms with Crippen LogP contribution in [0.1, 0.15) is 11.1 Å². The third kappa shape index (κ3) is 5.26. The van der Waals surface area contributed by atoms with Crippen LogP contribution in [0.3, 0.4) is 0 Å². The zero-order valence-corrected chi connectivity index (χ0v) is 13.1. The Morgan fingerprint density at radius 1 is 1.14 bits per heavy atom. The highest BCUT2D eigenvalue weighted by Crippen LogP contribution is 2.12. The summed E-state index contributed by atoms with van der Waals surface area (Å²) in [7, 11) is 1.64. The van der Waals surface area contributed by atoms with Crippen LogP contribution in [0.2, 0.25) is 5.02 Å². The van der Waals surface area contributed by atoms with E-state index in [1.807, 2.05) is 36.4 Å². The Morgan fingerprint density at radius 3 is 2.45 bits per heavy atom. The maximum atomic E-state index is 11.7. The van der Waals surface area contributed by atoms with Crippen LogP contribution in [0, 0.1) is 0 Å². The first-order valence-corrected chi connectivity index (χ1v) is 7.39. The van der Waals surface area contributed by atoms with Gasteiger partial charge in [-0.15, -0.1) is 0 Å². The second kappa shape index (κ2) is 8.25. The van der Waals surface area contributed by atoms with Crippen LogP contribution >= 0.6 is 11.6 Å². The van der Waals surface area contributed by atoms with Gasteiger partial charge in [-0.2, -0.15) is 0 Å². The second-order valence-corrected chi connectivity index (χ2v) is 5.21. The van der Waals surface area contributed by atoms with Gasteiger partial charge in [0.1, 0.15) is 5.75 Å². The summed E-state index contributed by atoms with van der Waals surface area (Å²) < 4.78 is 5.11. The van der Waals surface area contributed by atoms with Gasteiger partial charge in [-0.1, -0.05) is 35.9 Å². The lowest BCUT2D eigenvalue weighted by molar-refractivity contribution is -0.116. The van der Waals surface area contributed by atoms with Gasteiger partial charge in [0.15, 0.2) is 0 Å². The van der Waals surface area contributed by atoms with Gasteiger partial charge in [-0.3, -0.25) is 4.79 Å². The van der Waals surface area contributed by atoms with Crippen molar-refractivity contribution in [3.05, 3.63) is 70.8 Å². The van der Waals surface area contributed by atoms with E-state index in [2.05, 4.69) is 5.32 Å². The van der Waals surface area contributed by atoms with Crippen LogP contribution in [-0.4, -0.2) is 19.6 Å². The Balaban J connectivity index is 1.76. The van der Waals surface area contributed by atoms with Crippen molar-refractivity contribution in [1.82, 2.24) is 5.32 Å². The molecular formula is C18H18ClNO2. The Bertz CT molecular complexity index is 633. The zero-order valence-electron chi connectivity index (χ0n) is 12.4. The van der Waals surface area contributed by atoms with E-state index in [4.69, 9.17) is 16.3 Å². The molecule has 0 saturated carbocycles. The fourth-order valence-corrected chi connectivity index (χ4v) is 2.05. The lowest BCUT2D eigenvalue weighted by atomic mass is 10.1. The van der Waals surface area contributed by atoms with Crippen molar-refractivity contribution in [1.29, 1.82) is 0 Å². The molecule has 0 saturated heterocycles. The van der Waals surface area contributed by atoms with Crippen molar-refractivity contribution in [2.75, 3.05) is 13.7 Å². The molecule has 3 nitrogen and oxygen atoms in total. The summed E-state index contributed by atoms with van der Waals surface area (Å²) in [6, 6.07) is 15.1. The highest BCUT2D eigenvalue weighted by molar-refractivity contribution is 6.30. The summed E-state index contributed by atoms with van der Waals surface area (Å²) in [4.78, 5) is 11.7. The molecule has 0 bridgehead atoms. The Hall–Kier alpha value is -2.26. The smallest absolute Gasteiger partial charge is 0.244 e. The van der Waals surface area contributed by atoms with Gasteiger partial charge in [0.2, 0.25) is 5.91 Å². The molecule has 0 aliphatic carbocycles. The maximum absolute atomic E-state index is 11.7. The largest absolute Gasteiger partial charge is 0.497 e. The number of hydrogen-bond acceptors (Lipinski definition) is 2. The molecule has 0 fully saturated rings. The van der Waals surface area contributed by atoms with E-state index in [1.165, 1.54) is 6.08 Å². The average Bonchev–Trinajstić information content (AvgIpc) is 2.55. The van der Waals surface area contributed by atoms with Crippen LogP contribution < -0.4 is 10.1 Å². The molecule has 1 N–H and O–H groups in total. The van der Waals surface area contributed by atoms with Crippen molar-refractivity contribution in [3.8, 4) is 5.75 Å². The summed E-state index contributed by atoms with van der Waals surface area (Å²) in [5.74, 6) is 0.724. The van der Waals surface area contributed by atoms with Gasteiger partial charge in [-0.25, -0.2) is 0 Å². The van der Waals surface area contributed by atoms with Gasteiger partial charge in [0, 0.05) is 17.6 Å². The molecule has 22 heavy (non-hydrogen) atoms. The first-order valence-electron chi connectivity index (χ1n) is 7.02. The molecule has 2 rings (SSSR count). The van der Waals surface area contributed by atoms with Crippen LogP contribution in [0.4, 0.5) is 0 Å². The summed E-state index contributed by atoms with van der Waals surface area (Å²) in [6.07, 6.45) is 4.07. The summed E-state index contributed by atoms with van der Waals surface area (Å²) >= 11 is 5.81. The number of halogens is 1. The third-order valence-corrected chi connectivity index (χ3v) is 3.42. The topological polar surface area (TPSA) is 38.3 Å². The van der Waals surface area contributed by atoms with E-state index >= 15 is 0 Å². The Kier molecular flexibility index (Phi) is 6.04. The minimum Gasteiger partial charge on any atom is -0.497 e. The quantitative estimate of drug-likeness (QED) is 0.825. The van der Waals surface area contributed by atoms with Gasteiger partial charge in [0.05, 0.1) is 7.11 Å². The number of carbonyl (C=O) groups excluding carboxylic acids is 1. The number of carbonyl (C=O) groups is 1. The number of methoxy groups -OCH3 is 1. The SMILES string of the molecule is COc1ccc(CCNC(=O)/C=C/c2ccc(Cl)cc2)cc1. The van der Waals surface area contributed by atoms with Gasteiger partial charge in [0.25, 0.3) is 0 Å². The average molecular weight is 316 g/mol. The molecular weight excluding hydrogens is 298 g/mol. The van der Waals surface area contributed by atoms with Gasteiger partial charge >= 0.3 is 0 Å². The first-order chi connectivity index (χ1) is 10.7. The minimum absolute atomic E-state index is 0.108. The van der Waals surface area contributed by atoms with Gasteiger partial charge < -0.3 is 10.1 Å². The third-order valence-electron chi connectivity index (χ3n) is 3.17. The first kappa shape index (κ1) is 16.1. The van der Waals surface area contributed by atoms with Crippen LogP contribution in [0.15, 0.2) is 54.6 Å². The molecule has 114 valence electrons. The monoisotopic (exact) mass is 315 g/mol. The molecule has 0 spiro atoms. The molecule has 2 aromatic rings. The molecule has 0 heterocycles. The predicted molar refractivity (Wildman–Crippen MR) is 90.2 cm³/mol. The summed E-state index contributed by atoms with van der Waals surface area (Å²) in [5.41, 5.74) is 2.09. The zero-order chi connectivity index (χ0) is 15.8. The van der Waals surface area contributed by atoms with E-state index in [-0.39, 0.29) is 5.91 Å². The lowest BCUT2D eigenvalue weighted by Crippen LogP contribution is -2.23. The molecule has 2 aromatic carbocycles. The van der Waals surface area contributed by atoms with Crippen molar-refractivity contribution >= 4 is 23.6 Å². The predicted octanol–water partition coefficient (Wildman–Crippen LogP) is 3.72. The number of nitrogens with one attached hydrogen (secondary N) is 1. The minimum atomic E-state index is -0.108. The summed E-state index contributed by atoms with van der Waals surface area (Å²) in [6.45, 7) is 0.593. The molecule has 0 atom stereocenters. The fraction of sp³-hybridized carbons (Fsp3) is 0.167. The number of hydrogen-bond donors (Lipinski definition) is 1. The molecule has 0 aromatic heterocycles. The van der Waals surface area contributed by atoms with E-state index < -0.39 is 0 Å². The number of amides is 1. The molecule has 0 radical (unpaired) electrons. The Morgan fingerprint density at radius 2 is 1.82 bits per heavy atom. The lowest BCUT2D eigenvalue weighted by Gasteiger charge is -2.04. The molecule has 0 unspecified atom stereocenters. The van der Waals surface area contributed by atoms with Crippen molar-refractivity contribution in [2.45, 2.75) is 6.42 Å². The highest BCUT2D eigenvalue weighted by atomic mass is 35.5. The number of benzene rings is 2. The van der Waals surface area contributed by atoms with Crippen LogP contribution in [-0.2, 0) is 11.2 Å². The van der Waals surface area contributed by atoms with E-state index in [9.17, 15) is 4.79 Å². The van der Waals surface area contributed by atoms with Crippen molar-refractivity contribution < 1.29 is 9.53 Å². The summed E-state index contributed by atoms with van der Waals surface area (Å²) in [5, 5.41) is 3.54. The molecule has 0 aliphatic heterocycles. The van der Waals surface area contributed by atoms with Crippen LogP contribution in [0.25, 0.3) is 6.08 Å². The molecule has 1 amide bonds. The second-order valence-electron chi connectivity index (χ2n) is 4.77. The van der Waals surface area contributed by atoms with E-state index in [0.29, 0.717) is 11.6 Å². The fourth-order valence-electron chi connectivity index (χ4n) is 1.93. The van der Waals surface area contributed by atoms with Crippen molar-refractivity contribution in [2.24, 2.45) is 0 Å². The highest BCUT2D eigenvalue weighted by Gasteiger charge is 1.98. The van der Waals surface area contributed by atoms with Crippen LogP contribution in [0.5, 0.6) is 5.75 Å². The number of ether oxygens (including phenoxy) is 1.